The van der Waals surface area contributed by atoms with Crippen LogP contribution in [0.1, 0.15) is 12.5 Å². The van der Waals surface area contributed by atoms with Gasteiger partial charge in [-0.15, -0.1) is 0 Å². The summed E-state index contributed by atoms with van der Waals surface area (Å²) in [6, 6.07) is 14.7. The number of methoxy groups -OCH3 is 1. The first-order valence-electron chi connectivity index (χ1n) is 7.30. The Hall–Kier alpha value is -2.20. The molecule has 1 atom stereocenters. The molecule has 0 saturated carbocycles. The van der Waals surface area contributed by atoms with Crippen molar-refractivity contribution >= 4 is 17.5 Å². The van der Waals surface area contributed by atoms with Crippen molar-refractivity contribution < 1.29 is 14.3 Å². The second kappa shape index (κ2) is 7.88. The van der Waals surface area contributed by atoms with Crippen LogP contribution in [-0.4, -0.2) is 31.1 Å². The third-order valence-corrected chi connectivity index (χ3v) is 3.76. The Morgan fingerprint density at radius 1 is 1.17 bits per heavy atom. The van der Waals surface area contributed by atoms with E-state index in [2.05, 4.69) is 0 Å². The number of ether oxygens (including phenoxy) is 2. The molecule has 0 aliphatic rings. The Bertz CT molecular complexity index is 658. The smallest absolute Gasteiger partial charge is 0.263 e. The minimum atomic E-state index is -0.613. The van der Waals surface area contributed by atoms with Gasteiger partial charge in [-0.05, 0) is 36.8 Å². The standard InChI is InChI=1S/C18H20ClNO3/c1-13(23-17-7-5-4-6-16(17)19)18(21)20(2)12-14-8-10-15(22-3)11-9-14/h4-11,13H,12H2,1-3H3/t13-/m0/s1. The normalized spacial score (nSPS) is 11.7. The SMILES string of the molecule is COc1ccc(CN(C)C(=O)[C@H](C)Oc2ccccc2Cl)cc1. The summed E-state index contributed by atoms with van der Waals surface area (Å²) in [7, 11) is 3.37. The van der Waals surface area contributed by atoms with Crippen LogP contribution >= 0.6 is 11.6 Å². The lowest BCUT2D eigenvalue weighted by molar-refractivity contribution is -0.137. The molecule has 2 aromatic carbocycles. The number of carbonyl (C=O) groups is 1. The molecule has 5 heteroatoms. The molecule has 2 aromatic rings. The number of para-hydroxylation sites is 1. The maximum atomic E-state index is 12.4. The highest BCUT2D eigenvalue weighted by Gasteiger charge is 2.20. The van der Waals surface area contributed by atoms with Gasteiger partial charge >= 0.3 is 0 Å². The van der Waals surface area contributed by atoms with Gasteiger partial charge in [0.25, 0.3) is 5.91 Å². The molecule has 0 radical (unpaired) electrons. The number of carbonyl (C=O) groups excluding carboxylic acids is 1. The third kappa shape index (κ3) is 4.63. The number of halogens is 1. The average molecular weight is 334 g/mol. The second-order valence-corrected chi connectivity index (χ2v) is 5.64. The summed E-state index contributed by atoms with van der Waals surface area (Å²) in [6.07, 6.45) is -0.613. The summed E-state index contributed by atoms with van der Waals surface area (Å²) in [5.74, 6) is 1.19. The minimum Gasteiger partial charge on any atom is -0.497 e. The Labute approximate surface area is 141 Å². The molecule has 1 amide bonds. The number of hydrogen-bond acceptors (Lipinski definition) is 3. The van der Waals surface area contributed by atoms with E-state index in [1.165, 1.54) is 0 Å². The van der Waals surface area contributed by atoms with Crippen LogP contribution < -0.4 is 9.47 Å². The molecule has 4 nitrogen and oxygen atoms in total. The van der Waals surface area contributed by atoms with E-state index in [1.807, 2.05) is 36.4 Å². The highest BCUT2D eigenvalue weighted by molar-refractivity contribution is 6.32. The van der Waals surface area contributed by atoms with Crippen LogP contribution in [0.15, 0.2) is 48.5 Å². The third-order valence-electron chi connectivity index (χ3n) is 3.44. The summed E-state index contributed by atoms with van der Waals surface area (Å²) in [5.41, 5.74) is 1.02. The summed E-state index contributed by atoms with van der Waals surface area (Å²) >= 11 is 6.05. The van der Waals surface area contributed by atoms with Crippen LogP contribution in [0.4, 0.5) is 0 Å². The number of hydrogen-bond donors (Lipinski definition) is 0. The molecule has 23 heavy (non-hydrogen) atoms. The van der Waals surface area contributed by atoms with E-state index in [0.717, 1.165) is 11.3 Å². The second-order valence-electron chi connectivity index (χ2n) is 5.23. The molecular weight excluding hydrogens is 314 g/mol. The van der Waals surface area contributed by atoms with Crippen molar-refractivity contribution in [2.75, 3.05) is 14.2 Å². The lowest BCUT2D eigenvalue weighted by Gasteiger charge is -2.22. The predicted molar refractivity (Wildman–Crippen MR) is 91.0 cm³/mol. The van der Waals surface area contributed by atoms with E-state index in [4.69, 9.17) is 21.1 Å². The van der Waals surface area contributed by atoms with Gasteiger partial charge in [0.2, 0.25) is 0 Å². The summed E-state index contributed by atoms with van der Waals surface area (Å²) in [6.45, 7) is 2.22. The Morgan fingerprint density at radius 3 is 2.43 bits per heavy atom. The molecule has 2 rings (SSSR count). The van der Waals surface area contributed by atoms with Crippen LogP contribution in [0.5, 0.6) is 11.5 Å². The van der Waals surface area contributed by atoms with Crippen molar-refractivity contribution in [1.29, 1.82) is 0 Å². The molecule has 0 fully saturated rings. The van der Waals surface area contributed by atoms with Crippen LogP contribution in [0, 0.1) is 0 Å². The van der Waals surface area contributed by atoms with Crippen molar-refractivity contribution in [2.24, 2.45) is 0 Å². The van der Waals surface area contributed by atoms with Gasteiger partial charge in [0.05, 0.1) is 12.1 Å². The van der Waals surface area contributed by atoms with Gasteiger partial charge in [0.1, 0.15) is 11.5 Å². The molecule has 0 aromatic heterocycles. The molecule has 0 heterocycles. The Kier molecular flexibility index (Phi) is 5.88. The average Bonchev–Trinajstić information content (AvgIpc) is 2.56. The van der Waals surface area contributed by atoms with Crippen LogP contribution in [-0.2, 0) is 11.3 Å². The van der Waals surface area contributed by atoms with Crippen molar-refractivity contribution in [3.8, 4) is 11.5 Å². The molecular formula is C18H20ClNO3. The van der Waals surface area contributed by atoms with Crippen molar-refractivity contribution in [3.63, 3.8) is 0 Å². The fourth-order valence-electron chi connectivity index (χ4n) is 2.17. The Morgan fingerprint density at radius 2 is 1.83 bits per heavy atom. The lowest BCUT2D eigenvalue weighted by atomic mass is 10.2. The van der Waals surface area contributed by atoms with Gasteiger partial charge in [-0.3, -0.25) is 4.79 Å². The van der Waals surface area contributed by atoms with Gasteiger partial charge in [-0.2, -0.15) is 0 Å². The highest BCUT2D eigenvalue weighted by atomic mass is 35.5. The van der Waals surface area contributed by atoms with E-state index in [9.17, 15) is 4.79 Å². The number of amides is 1. The zero-order chi connectivity index (χ0) is 16.8. The first-order valence-corrected chi connectivity index (χ1v) is 7.68. The van der Waals surface area contributed by atoms with E-state index >= 15 is 0 Å². The summed E-state index contributed by atoms with van der Waals surface area (Å²) in [5, 5.41) is 0.491. The fourth-order valence-corrected chi connectivity index (χ4v) is 2.35. The summed E-state index contributed by atoms with van der Waals surface area (Å²) in [4.78, 5) is 14.0. The molecule has 122 valence electrons. The fraction of sp³-hybridized carbons (Fsp3) is 0.278. The monoisotopic (exact) mass is 333 g/mol. The first-order chi connectivity index (χ1) is 11.0. The van der Waals surface area contributed by atoms with E-state index in [1.54, 1.807) is 38.1 Å². The minimum absolute atomic E-state index is 0.110. The van der Waals surface area contributed by atoms with Gasteiger partial charge in [-0.1, -0.05) is 35.9 Å². The topological polar surface area (TPSA) is 38.8 Å². The molecule has 0 aliphatic heterocycles. The van der Waals surface area contributed by atoms with Crippen LogP contribution in [0.25, 0.3) is 0 Å². The van der Waals surface area contributed by atoms with Crippen LogP contribution in [0.2, 0.25) is 5.02 Å². The first kappa shape index (κ1) is 17.2. The van der Waals surface area contributed by atoms with E-state index in [-0.39, 0.29) is 5.91 Å². The van der Waals surface area contributed by atoms with Crippen molar-refractivity contribution in [1.82, 2.24) is 4.90 Å². The van der Waals surface area contributed by atoms with Gasteiger partial charge in [-0.25, -0.2) is 0 Å². The molecule has 0 aliphatic carbocycles. The highest BCUT2D eigenvalue weighted by Crippen LogP contribution is 2.24. The molecule has 0 bridgehead atoms. The van der Waals surface area contributed by atoms with Crippen LogP contribution in [0.3, 0.4) is 0 Å². The number of nitrogens with zero attached hydrogens (tertiary/aromatic N) is 1. The molecule has 0 saturated heterocycles. The predicted octanol–water partition coefficient (Wildman–Crippen LogP) is 3.77. The maximum absolute atomic E-state index is 12.4. The van der Waals surface area contributed by atoms with Gasteiger partial charge in [0.15, 0.2) is 6.10 Å². The number of likely N-dealkylation sites (N-methyl/N-ethyl adjacent to an activating group) is 1. The quantitative estimate of drug-likeness (QED) is 0.807. The largest absolute Gasteiger partial charge is 0.497 e. The lowest BCUT2D eigenvalue weighted by Crippen LogP contribution is -2.37. The molecule has 0 spiro atoms. The van der Waals surface area contributed by atoms with Crippen molar-refractivity contribution in [2.45, 2.75) is 19.6 Å². The number of benzene rings is 2. The zero-order valence-corrected chi connectivity index (χ0v) is 14.2. The van der Waals surface area contributed by atoms with E-state index < -0.39 is 6.10 Å². The maximum Gasteiger partial charge on any atom is 0.263 e. The summed E-state index contributed by atoms with van der Waals surface area (Å²) < 4.78 is 10.8. The zero-order valence-electron chi connectivity index (χ0n) is 13.5. The Balaban J connectivity index is 1.96. The van der Waals surface area contributed by atoms with Gasteiger partial charge in [0, 0.05) is 13.6 Å². The molecule has 0 unspecified atom stereocenters. The number of rotatable bonds is 6. The van der Waals surface area contributed by atoms with E-state index in [0.29, 0.717) is 17.3 Å². The van der Waals surface area contributed by atoms with Crippen molar-refractivity contribution in [3.05, 3.63) is 59.1 Å². The molecule has 0 N–H and O–H groups in total. The van der Waals surface area contributed by atoms with Gasteiger partial charge < -0.3 is 14.4 Å².